The average Bonchev–Trinajstić information content (AvgIpc) is 2.56. The van der Waals surface area contributed by atoms with Crippen molar-refractivity contribution < 1.29 is 52.5 Å². The zero-order valence-electron chi connectivity index (χ0n) is 18.0. The SMILES string of the molecule is CC(=O)OC[C@H](OC(C)=O)[C@@H]([C@H](OC(C)=O)C(OC(C)=O)OC(C)=O)N(C)C(C)=O. The summed E-state index contributed by atoms with van der Waals surface area (Å²) in [6, 6.07) is -1.36. The molecule has 0 unspecified atom stereocenters. The number of carbonyl (C=O) groups is 6. The smallest absolute Gasteiger partial charge is 0.305 e. The molecule has 0 aromatic rings. The van der Waals surface area contributed by atoms with Gasteiger partial charge < -0.3 is 28.6 Å². The molecule has 0 aromatic carbocycles. The molecular weight excluding hydrogens is 406 g/mol. The Bertz CT molecular complexity index is 659. The molecule has 0 aliphatic carbocycles. The minimum atomic E-state index is -1.79. The van der Waals surface area contributed by atoms with Crippen LogP contribution in [0.4, 0.5) is 0 Å². The van der Waals surface area contributed by atoms with Crippen molar-refractivity contribution in [1.82, 2.24) is 4.90 Å². The van der Waals surface area contributed by atoms with E-state index in [0.717, 1.165) is 39.5 Å². The fourth-order valence-electron chi connectivity index (χ4n) is 2.47. The van der Waals surface area contributed by atoms with E-state index < -0.39 is 66.9 Å². The number of amides is 1. The van der Waals surface area contributed by atoms with Crippen molar-refractivity contribution in [2.75, 3.05) is 13.7 Å². The Kier molecular flexibility index (Phi) is 11.1. The number of rotatable bonds is 10. The van der Waals surface area contributed by atoms with Gasteiger partial charge in [-0.25, -0.2) is 0 Å². The van der Waals surface area contributed by atoms with Crippen molar-refractivity contribution in [2.24, 2.45) is 0 Å². The molecule has 3 atom stereocenters. The van der Waals surface area contributed by atoms with Crippen LogP contribution in [-0.2, 0) is 52.5 Å². The molecule has 0 aromatic heterocycles. The molecule has 12 nitrogen and oxygen atoms in total. The van der Waals surface area contributed by atoms with Crippen LogP contribution in [0, 0.1) is 0 Å². The van der Waals surface area contributed by atoms with E-state index >= 15 is 0 Å². The van der Waals surface area contributed by atoms with E-state index in [-0.39, 0.29) is 0 Å². The summed E-state index contributed by atoms with van der Waals surface area (Å²) in [6.07, 6.45) is -4.77. The van der Waals surface area contributed by atoms with Gasteiger partial charge in [0, 0.05) is 48.6 Å². The largest absolute Gasteiger partial charge is 0.462 e. The van der Waals surface area contributed by atoms with E-state index in [1.807, 2.05) is 0 Å². The summed E-state index contributed by atoms with van der Waals surface area (Å²) in [5.41, 5.74) is 0. The number of ether oxygens (including phenoxy) is 5. The first-order valence-electron chi connectivity index (χ1n) is 8.81. The number of esters is 5. The minimum absolute atomic E-state index is 0.526. The zero-order valence-corrected chi connectivity index (χ0v) is 18.0. The molecule has 0 radical (unpaired) electrons. The van der Waals surface area contributed by atoms with E-state index in [9.17, 15) is 28.8 Å². The lowest BCUT2D eigenvalue weighted by Crippen LogP contribution is -2.59. The van der Waals surface area contributed by atoms with Gasteiger partial charge in [0.2, 0.25) is 5.91 Å². The summed E-state index contributed by atoms with van der Waals surface area (Å²) in [5, 5.41) is 0. The Balaban J connectivity index is 6.45. The van der Waals surface area contributed by atoms with Crippen molar-refractivity contribution in [2.45, 2.75) is 66.1 Å². The van der Waals surface area contributed by atoms with Crippen LogP contribution in [0.25, 0.3) is 0 Å². The molecule has 0 aliphatic heterocycles. The Labute approximate surface area is 173 Å². The summed E-state index contributed by atoms with van der Waals surface area (Å²) in [7, 11) is 1.28. The second-order valence-corrected chi connectivity index (χ2v) is 6.23. The Morgan fingerprint density at radius 2 is 1.10 bits per heavy atom. The van der Waals surface area contributed by atoms with Crippen LogP contribution in [0.15, 0.2) is 0 Å². The minimum Gasteiger partial charge on any atom is -0.462 e. The van der Waals surface area contributed by atoms with Gasteiger partial charge in [0.1, 0.15) is 12.6 Å². The van der Waals surface area contributed by atoms with Gasteiger partial charge in [-0.1, -0.05) is 0 Å². The third-order valence-electron chi connectivity index (χ3n) is 3.56. The highest BCUT2D eigenvalue weighted by Gasteiger charge is 2.46. The standard InChI is InChI=1S/C18H27NO11/c1-9(20)19(7)16(15(27-11(3)22)8-26-10(2)21)17(28-12(4)23)18(29-13(5)24)30-14(6)25/h15-18H,8H2,1-7H3/t15-,16-,17-/m0/s1. The Morgan fingerprint density at radius 3 is 1.43 bits per heavy atom. The predicted octanol–water partition coefficient (Wildman–Crippen LogP) is -0.288. The molecule has 0 fully saturated rings. The predicted molar refractivity (Wildman–Crippen MR) is 97.3 cm³/mol. The summed E-state index contributed by atoms with van der Waals surface area (Å²) in [4.78, 5) is 70.8. The van der Waals surface area contributed by atoms with Gasteiger partial charge in [-0.3, -0.25) is 28.8 Å². The lowest BCUT2D eigenvalue weighted by atomic mass is 10.0. The highest BCUT2D eigenvalue weighted by molar-refractivity contribution is 5.74. The lowest BCUT2D eigenvalue weighted by Gasteiger charge is -2.39. The molecule has 170 valence electrons. The summed E-state index contributed by atoms with van der Waals surface area (Å²) in [5.74, 6) is -4.72. The second kappa shape index (κ2) is 12.4. The van der Waals surface area contributed by atoms with Gasteiger partial charge in [0.25, 0.3) is 6.29 Å². The molecule has 12 heteroatoms. The summed E-state index contributed by atoms with van der Waals surface area (Å²) in [6.45, 7) is 5.90. The van der Waals surface area contributed by atoms with Crippen LogP contribution < -0.4 is 0 Å². The molecule has 0 bridgehead atoms. The molecule has 0 heterocycles. The van der Waals surface area contributed by atoms with Crippen LogP contribution >= 0.6 is 0 Å². The topological polar surface area (TPSA) is 152 Å². The fourth-order valence-corrected chi connectivity index (χ4v) is 2.47. The Morgan fingerprint density at radius 1 is 0.667 bits per heavy atom. The van der Waals surface area contributed by atoms with Crippen LogP contribution in [0.3, 0.4) is 0 Å². The quantitative estimate of drug-likeness (QED) is 0.254. The van der Waals surface area contributed by atoms with Crippen molar-refractivity contribution in [3.63, 3.8) is 0 Å². The number of carbonyl (C=O) groups excluding carboxylic acids is 6. The lowest BCUT2D eigenvalue weighted by molar-refractivity contribution is -0.226. The molecule has 1 amide bonds. The van der Waals surface area contributed by atoms with E-state index in [1.54, 1.807) is 0 Å². The maximum Gasteiger partial charge on any atom is 0.305 e. The van der Waals surface area contributed by atoms with E-state index in [4.69, 9.17) is 23.7 Å². The summed E-state index contributed by atoms with van der Waals surface area (Å²) >= 11 is 0. The molecule has 0 saturated heterocycles. The highest BCUT2D eigenvalue weighted by Crippen LogP contribution is 2.22. The van der Waals surface area contributed by atoms with Crippen molar-refractivity contribution in [1.29, 1.82) is 0 Å². The van der Waals surface area contributed by atoms with E-state index in [2.05, 4.69) is 0 Å². The fraction of sp³-hybridized carbons (Fsp3) is 0.667. The first-order valence-corrected chi connectivity index (χ1v) is 8.81. The van der Waals surface area contributed by atoms with Crippen molar-refractivity contribution >= 4 is 35.8 Å². The van der Waals surface area contributed by atoms with Crippen LogP contribution in [-0.4, -0.2) is 78.8 Å². The van der Waals surface area contributed by atoms with Crippen LogP contribution in [0.5, 0.6) is 0 Å². The highest BCUT2D eigenvalue weighted by atomic mass is 16.7. The molecule has 0 N–H and O–H groups in total. The normalized spacial score (nSPS) is 13.3. The number of nitrogens with zero attached hydrogens (tertiary/aromatic N) is 1. The Hall–Kier alpha value is -3.18. The second-order valence-electron chi connectivity index (χ2n) is 6.23. The molecule has 0 aliphatic rings. The molecular formula is C18H27NO11. The van der Waals surface area contributed by atoms with Gasteiger partial charge in [-0.2, -0.15) is 0 Å². The maximum absolute atomic E-state index is 12.1. The van der Waals surface area contributed by atoms with Gasteiger partial charge in [0.15, 0.2) is 12.2 Å². The first-order chi connectivity index (χ1) is 13.8. The van der Waals surface area contributed by atoms with Gasteiger partial charge in [0.05, 0.1) is 0 Å². The number of hydrogen-bond donors (Lipinski definition) is 0. The number of likely N-dealkylation sites (N-methyl/N-ethyl adjacent to an activating group) is 1. The average molecular weight is 433 g/mol. The number of hydrogen-bond acceptors (Lipinski definition) is 11. The third-order valence-corrected chi connectivity index (χ3v) is 3.56. The van der Waals surface area contributed by atoms with Gasteiger partial charge >= 0.3 is 29.8 Å². The first kappa shape index (κ1) is 26.8. The molecule has 0 spiro atoms. The molecule has 0 rings (SSSR count). The van der Waals surface area contributed by atoms with Crippen LogP contribution in [0.1, 0.15) is 41.5 Å². The van der Waals surface area contributed by atoms with Crippen molar-refractivity contribution in [3.05, 3.63) is 0 Å². The van der Waals surface area contributed by atoms with E-state index in [1.165, 1.54) is 14.0 Å². The molecule has 30 heavy (non-hydrogen) atoms. The monoisotopic (exact) mass is 433 g/mol. The summed E-state index contributed by atoms with van der Waals surface area (Å²) < 4.78 is 25.2. The third kappa shape index (κ3) is 9.85. The van der Waals surface area contributed by atoms with Crippen molar-refractivity contribution in [3.8, 4) is 0 Å². The van der Waals surface area contributed by atoms with Gasteiger partial charge in [-0.15, -0.1) is 0 Å². The van der Waals surface area contributed by atoms with E-state index in [0.29, 0.717) is 0 Å². The van der Waals surface area contributed by atoms with Gasteiger partial charge in [-0.05, 0) is 0 Å². The zero-order chi connectivity index (χ0) is 23.6. The molecule has 0 saturated carbocycles. The maximum atomic E-state index is 12.1. The van der Waals surface area contributed by atoms with Crippen LogP contribution in [0.2, 0.25) is 0 Å².